The molecule has 0 aliphatic carbocycles. The monoisotopic (exact) mass is 351 g/mol. The summed E-state index contributed by atoms with van der Waals surface area (Å²) < 4.78 is 0. The van der Waals surface area contributed by atoms with E-state index >= 15 is 0 Å². The third-order valence-corrected chi connectivity index (χ3v) is 4.00. The largest absolute Gasteiger partial charge is 0.326 e. The highest BCUT2D eigenvalue weighted by Gasteiger charge is 2.36. The predicted molar refractivity (Wildman–Crippen MR) is 95.9 cm³/mol. The first-order valence-corrected chi connectivity index (χ1v) is 8.00. The van der Waals surface area contributed by atoms with Crippen LogP contribution >= 0.6 is 0 Å². The van der Waals surface area contributed by atoms with Crippen LogP contribution in [0.2, 0.25) is 0 Å². The second kappa shape index (κ2) is 6.79. The molecule has 0 unspecified atom stereocenters. The van der Waals surface area contributed by atoms with Crippen LogP contribution in [-0.4, -0.2) is 35.1 Å². The fourth-order valence-corrected chi connectivity index (χ4v) is 2.80. The van der Waals surface area contributed by atoms with Gasteiger partial charge in [-0.3, -0.25) is 24.1 Å². The molecule has 7 heteroatoms. The van der Waals surface area contributed by atoms with E-state index < -0.39 is 17.7 Å². The Morgan fingerprint density at radius 2 is 1.58 bits per heavy atom. The molecule has 0 radical (unpaired) electrons. The fourth-order valence-electron chi connectivity index (χ4n) is 2.80. The predicted octanol–water partition coefficient (Wildman–Crippen LogP) is 2.19. The number of nitrogens with one attached hydrogen (secondary N) is 2. The summed E-state index contributed by atoms with van der Waals surface area (Å²) in [5.74, 6) is -1.61. The van der Waals surface area contributed by atoms with Gasteiger partial charge in [-0.1, -0.05) is 12.1 Å². The number of carbonyl (C=O) groups is 4. The standard InChI is InChI=1S/C19H17N3O4/c1-11-9-13(7-8-16(11)20-12(2)23)21-17(24)10-22-18(25)14-5-3-4-6-15(14)19(22)26/h3-9H,10H2,1-2H3,(H,20,23)(H,21,24). The lowest BCUT2D eigenvalue weighted by atomic mass is 10.1. The molecule has 0 fully saturated rings. The lowest BCUT2D eigenvalue weighted by Crippen LogP contribution is -2.37. The first kappa shape index (κ1) is 17.3. The van der Waals surface area contributed by atoms with Crippen molar-refractivity contribution in [2.45, 2.75) is 13.8 Å². The maximum absolute atomic E-state index is 12.3. The van der Waals surface area contributed by atoms with Crippen molar-refractivity contribution in [3.63, 3.8) is 0 Å². The number of anilines is 2. The normalized spacial score (nSPS) is 12.8. The molecule has 3 rings (SSSR count). The Balaban J connectivity index is 1.69. The molecule has 132 valence electrons. The molecule has 1 aliphatic heterocycles. The minimum absolute atomic E-state index is 0.185. The zero-order valence-corrected chi connectivity index (χ0v) is 14.3. The summed E-state index contributed by atoms with van der Waals surface area (Å²) in [7, 11) is 0. The van der Waals surface area contributed by atoms with Crippen LogP contribution in [0.4, 0.5) is 11.4 Å². The maximum atomic E-state index is 12.3. The molecule has 0 bridgehead atoms. The first-order chi connectivity index (χ1) is 12.4. The van der Waals surface area contributed by atoms with Crippen molar-refractivity contribution < 1.29 is 19.2 Å². The molecule has 0 spiro atoms. The lowest BCUT2D eigenvalue weighted by Gasteiger charge is -2.14. The van der Waals surface area contributed by atoms with Crippen molar-refractivity contribution in [1.82, 2.24) is 4.90 Å². The highest BCUT2D eigenvalue weighted by molar-refractivity contribution is 6.22. The SMILES string of the molecule is CC(=O)Nc1ccc(NC(=O)CN2C(=O)c3ccccc3C2=O)cc1C. The average molecular weight is 351 g/mol. The van der Waals surface area contributed by atoms with Gasteiger partial charge in [0.2, 0.25) is 11.8 Å². The van der Waals surface area contributed by atoms with Crippen LogP contribution < -0.4 is 10.6 Å². The van der Waals surface area contributed by atoms with Gasteiger partial charge in [0.1, 0.15) is 6.54 Å². The lowest BCUT2D eigenvalue weighted by molar-refractivity contribution is -0.116. The zero-order chi connectivity index (χ0) is 18.8. The van der Waals surface area contributed by atoms with Gasteiger partial charge < -0.3 is 10.6 Å². The third kappa shape index (κ3) is 3.32. The Morgan fingerprint density at radius 1 is 0.962 bits per heavy atom. The van der Waals surface area contributed by atoms with Gasteiger partial charge in [0.15, 0.2) is 0 Å². The van der Waals surface area contributed by atoms with Crippen LogP contribution in [0, 0.1) is 6.92 Å². The van der Waals surface area contributed by atoms with E-state index in [2.05, 4.69) is 10.6 Å². The van der Waals surface area contributed by atoms with Crippen molar-refractivity contribution in [3.8, 4) is 0 Å². The number of nitrogens with zero attached hydrogens (tertiary/aromatic N) is 1. The molecule has 0 saturated heterocycles. The molecular weight excluding hydrogens is 334 g/mol. The smallest absolute Gasteiger partial charge is 0.262 e. The zero-order valence-electron chi connectivity index (χ0n) is 14.3. The number of carbonyl (C=O) groups excluding carboxylic acids is 4. The molecule has 2 aromatic rings. The van der Waals surface area contributed by atoms with E-state index in [9.17, 15) is 19.2 Å². The van der Waals surface area contributed by atoms with E-state index in [0.717, 1.165) is 10.5 Å². The highest BCUT2D eigenvalue weighted by Crippen LogP contribution is 2.23. The Labute approximate surface area is 150 Å². The maximum Gasteiger partial charge on any atom is 0.262 e. The molecule has 7 nitrogen and oxygen atoms in total. The van der Waals surface area contributed by atoms with Crippen molar-refractivity contribution in [2.75, 3.05) is 17.2 Å². The quantitative estimate of drug-likeness (QED) is 0.826. The van der Waals surface area contributed by atoms with Gasteiger partial charge in [-0.15, -0.1) is 0 Å². The van der Waals surface area contributed by atoms with E-state index in [1.807, 2.05) is 0 Å². The van der Waals surface area contributed by atoms with Crippen LogP contribution in [0.1, 0.15) is 33.2 Å². The Bertz CT molecular complexity index is 901. The van der Waals surface area contributed by atoms with Gasteiger partial charge >= 0.3 is 0 Å². The second-order valence-corrected chi connectivity index (χ2v) is 6.00. The van der Waals surface area contributed by atoms with Crippen LogP contribution in [0.15, 0.2) is 42.5 Å². The van der Waals surface area contributed by atoms with E-state index in [1.165, 1.54) is 6.92 Å². The minimum Gasteiger partial charge on any atom is -0.326 e. The van der Waals surface area contributed by atoms with Crippen LogP contribution in [0.25, 0.3) is 0 Å². The van der Waals surface area contributed by atoms with Crippen molar-refractivity contribution in [1.29, 1.82) is 0 Å². The second-order valence-electron chi connectivity index (χ2n) is 6.00. The van der Waals surface area contributed by atoms with Gasteiger partial charge in [-0.25, -0.2) is 0 Å². The van der Waals surface area contributed by atoms with E-state index in [4.69, 9.17) is 0 Å². The molecule has 26 heavy (non-hydrogen) atoms. The molecule has 0 aromatic heterocycles. The number of hydrogen-bond acceptors (Lipinski definition) is 4. The van der Waals surface area contributed by atoms with Gasteiger partial charge in [0.25, 0.3) is 11.8 Å². The molecular formula is C19H17N3O4. The van der Waals surface area contributed by atoms with Crippen molar-refractivity contribution >= 4 is 35.0 Å². The van der Waals surface area contributed by atoms with Gasteiger partial charge in [0, 0.05) is 18.3 Å². The number of imide groups is 1. The number of rotatable bonds is 4. The molecule has 0 saturated carbocycles. The first-order valence-electron chi connectivity index (χ1n) is 8.00. The summed E-state index contributed by atoms with van der Waals surface area (Å²) in [6, 6.07) is 11.5. The highest BCUT2D eigenvalue weighted by atomic mass is 16.2. The van der Waals surface area contributed by atoms with Gasteiger partial charge in [0.05, 0.1) is 11.1 Å². The number of amides is 4. The van der Waals surface area contributed by atoms with Crippen molar-refractivity contribution in [2.24, 2.45) is 0 Å². The Kier molecular flexibility index (Phi) is 4.53. The molecule has 1 heterocycles. The summed E-state index contributed by atoms with van der Waals surface area (Å²) in [6.07, 6.45) is 0. The van der Waals surface area contributed by atoms with Crippen LogP contribution in [0.5, 0.6) is 0 Å². The van der Waals surface area contributed by atoms with E-state index in [1.54, 1.807) is 49.4 Å². The van der Waals surface area contributed by atoms with Crippen LogP contribution in [0.3, 0.4) is 0 Å². The molecule has 1 aliphatic rings. The third-order valence-electron chi connectivity index (χ3n) is 4.00. The molecule has 0 atom stereocenters. The Hall–Kier alpha value is -3.48. The average Bonchev–Trinajstić information content (AvgIpc) is 2.82. The summed E-state index contributed by atoms with van der Waals surface area (Å²) in [6.45, 7) is 2.85. The van der Waals surface area contributed by atoms with Crippen LogP contribution in [-0.2, 0) is 9.59 Å². The summed E-state index contributed by atoms with van der Waals surface area (Å²) in [5.41, 5.74) is 2.55. The van der Waals surface area contributed by atoms with Crippen molar-refractivity contribution in [3.05, 3.63) is 59.2 Å². The molecule has 4 amide bonds. The number of benzene rings is 2. The summed E-state index contributed by atoms with van der Waals surface area (Å²) in [4.78, 5) is 48.9. The number of hydrogen-bond donors (Lipinski definition) is 2. The molecule has 2 aromatic carbocycles. The Morgan fingerprint density at radius 3 is 2.12 bits per heavy atom. The van der Waals surface area contributed by atoms with Gasteiger partial charge in [-0.05, 0) is 42.8 Å². The topological polar surface area (TPSA) is 95.6 Å². The fraction of sp³-hybridized carbons (Fsp3) is 0.158. The molecule has 2 N–H and O–H groups in total. The number of aryl methyl sites for hydroxylation is 1. The summed E-state index contributed by atoms with van der Waals surface area (Å²) in [5, 5.41) is 5.35. The van der Waals surface area contributed by atoms with E-state index in [0.29, 0.717) is 22.5 Å². The van der Waals surface area contributed by atoms with E-state index in [-0.39, 0.29) is 12.5 Å². The minimum atomic E-state index is -0.480. The summed E-state index contributed by atoms with van der Waals surface area (Å²) >= 11 is 0. The van der Waals surface area contributed by atoms with Gasteiger partial charge in [-0.2, -0.15) is 0 Å². The number of fused-ring (bicyclic) bond motifs is 1.